The molecule has 0 aromatic heterocycles. The molecular formula is C19H37N3O14. The highest BCUT2D eigenvalue weighted by Crippen LogP contribution is 2.33. The quantitative estimate of drug-likeness (QED) is 0.138. The SMILES string of the molecule is N[C@H]1[C@@H](OC2[C@@H](CO)O[C@@H](OC3[C@@H](CO)O[C@@H](O)[C@H](N)[C@H]3O)[C@H](N)[C@H]2O)OC(CO)(CO)[C@@H](O)[C@@H]1O. The van der Waals surface area contributed by atoms with Gasteiger partial charge in [0.15, 0.2) is 18.9 Å². The zero-order valence-electron chi connectivity index (χ0n) is 19.2. The highest BCUT2D eigenvalue weighted by molar-refractivity contribution is 5.03. The van der Waals surface area contributed by atoms with Crippen molar-refractivity contribution in [2.45, 2.75) is 91.4 Å². The summed E-state index contributed by atoms with van der Waals surface area (Å²) in [6, 6.07) is -4.09. The average molecular weight is 532 g/mol. The van der Waals surface area contributed by atoms with E-state index >= 15 is 0 Å². The third-order valence-electron chi connectivity index (χ3n) is 6.86. The number of ether oxygens (including phenoxy) is 5. The molecular weight excluding hydrogens is 494 g/mol. The molecule has 0 amide bonds. The van der Waals surface area contributed by atoms with Crippen molar-refractivity contribution >= 4 is 0 Å². The van der Waals surface area contributed by atoms with Gasteiger partial charge in [0, 0.05) is 0 Å². The predicted molar refractivity (Wildman–Crippen MR) is 113 cm³/mol. The standard InChI is InChI=1S/C19H37N3O14/c20-7-10(27)13(5(1-23)32-16(7)31)34-17-8(21)11(28)14(6(2-24)33-17)35-18-9(22)12(29)15(30)19(3-25,4-26)36-18/h5-18,23-31H,1-4,20-22H2/t5-,6-,7-,8-,9-,10-,11-,12-,13?,14?,15+,16-,17+,18+/m1/s1. The first kappa shape index (κ1) is 29.9. The Hall–Kier alpha value is -0.680. The molecule has 0 radical (unpaired) electrons. The van der Waals surface area contributed by atoms with E-state index in [9.17, 15) is 46.0 Å². The van der Waals surface area contributed by atoms with Gasteiger partial charge < -0.3 is 86.8 Å². The molecule has 17 heteroatoms. The number of hydrogen-bond donors (Lipinski definition) is 12. The Morgan fingerprint density at radius 3 is 1.64 bits per heavy atom. The molecule has 17 nitrogen and oxygen atoms in total. The minimum atomic E-state index is -2.04. The number of rotatable bonds is 8. The zero-order chi connectivity index (χ0) is 26.9. The van der Waals surface area contributed by atoms with E-state index < -0.39 is 118 Å². The Bertz CT molecular complexity index is 702. The number of aliphatic hydroxyl groups is 9. The summed E-state index contributed by atoms with van der Waals surface area (Å²) in [7, 11) is 0. The van der Waals surface area contributed by atoms with E-state index in [4.69, 9.17) is 40.9 Å². The van der Waals surface area contributed by atoms with Crippen LogP contribution in [0.25, 0.3) is 0 Å². The summed E-state index contributed by atoms with van der Waals surface area (Å²) < 4.78 is 27.5. The van der Waals surface area contributed by atoms with Gasteiger partial charge in [0.1, 0.15) is 54.4 Å². The molecule has 3 fully saturated rings. The van der Waals surface area contributed by atoms with Crippen LogP contribution in [0.2, 0.25) is 0 Å². The van der Waals surface area contributed by atoms with Gasteiger partial charge in [-0.15, -0.1) is 0 Å². The van der Waals surface area contributed by atoms with Crippen molar-refractivity contribution < 1.29 is 69.6 Å². The lowest BCUT2D eigenvalue weighted by atomic mass is 9.87. The van der Waals surface area contributed by atoms with E-state index in [2.05, 4.69) is 0 Å². The van der Waals surface area contributed by atoms with Crippen LogP contribution in [0.15, 0.2) is 0 Å². The average Bonchev–Trinajstić information content (AvgIpc) is 2.88. The van der Waals surface area contributed by atoms with E-state index in [1.165, 1.54) is 0 Å². The van der Waals surface area contributed by atoms with Crippen molar-refractivity contribution in [1.29, 1.82) is 0 Å². The molecule has 3 aliphatic heterocycles. The maximum atomic E-state index is 10.9. The number of nitrogens with two attached hydrogens (primary N) is 3. The van der Waals surface area contributed by atoms with Gasteiger partial charge in [0.2, 0.25) is 0 Å². The maximum absolute atomic E-state index is 10.9. The summed E-state index contributed by atoms with van der Waals surface area (Å²) >= 11 is 0. The van der Waals surface area contributed by atoms with Crippen molar-refractivity contribution in [2.24, 2.45) is 17.2 Å². The summed E-state index contributed by atoms with van der Waals surface area (Å²) in [5.74, 6) is 0. The van der Waals surface area contributed by atoms with Crippen LogP contribution >= 0.6 is 0 Å². The third-order valence-corrected chi connectivity index (χ3v) is 6.86. The van der Waals surface area contributed by atoms with Gasteiger partial charge >= 0.3 is 0 Å². The minimum Gasteiger partial charge on any atom is -0.394 e. The Morgan fingerprint density at radius 1 is 0.639 bits per heavy atom. The molecule has 14 atom stereocenters. The second-order valence-electron chi connectivity index (χ2n) is 9.19. The summed E-state index contributed by atoms with van der Waals surface area (Å²) in [4.78, 5) is 0. The fourth-order valence-electron chi connectivity index (χ4n) is 4.45. The van der Waals surface area contributed by atoms with Crippen molar-refractivity contribution in [3.63, 3.8) is 0 Å². The van der Waals surface area contributed by atoms with Gasteiger partial charge in [-0.3, -0.25) is 0 Å². The first-order chi connectivity index (χ1) is 17.0. The van der Waals surface area contributed by atoms with Crippen LogP contribution in [0, 0.1) is 0 Å². The van der Waals surface area contributed by atoms with Crippen molar-refractivity contribution in [2.75, 3.05) is 26.4 Å². The van der Waals surface area contributed by atoms with E-state index in [1.54, 1.807) is 0 Å². The van der Waals surface area contributed by atoms with Crippen LogP contribution in [-0.4, -0.2) is 164 Å². The molecule has 0 bridgehead atoms. The lowest BCUT2D eigenvalue weighted by molar-refractivity contribution is -0.363. The minimum absolute atomic E-state index is 0.673. The molecule has 0 spiro atoms. The van der Waals surface area contributed by atoms with Crippen molar-refractivity contribution in [3.8, 4) is 0 Å². The second kappa shape index (κ2) is 12.0. The maximum Gasteiger partial charge on any atom is 0.176 e. The fraction of sp³-hybridized carbons (Fsp3) is 1.00. The Balaban J connectivity index is 1.76. The van der Waals surface area contributed by atoms with E-state index in [1.807, 2.05) is 0 Å². The van der Waals surface area contributed by atoms with E-state index in [-0.39, 0.29) is 0 Å². The molecule has 0 saturated carbocycles. The summed E-state index contributed by atoms with van der Waals surface area (Å²) in [5, 5.41) is 90.3. The molecule has 3 saturated heterocycles. The van der Waals surface area contributed by atoms with Gasteiger partial charge in [-0.2, -0.15) is 0 Å². The van der Waals surface area contributed by atoms with Crippen LogP contribution in [0.4, 0.5) is 0 Å². The highest BCUT2D eigenvalue weighted by atomic mass is 16.7. The highest BCUT2D eigenvalue weighted by Gasteiger charge is 2.56. The van der Waals surface area contributed by atoms with Crippen LogP contribution in [0.1, 0.15) is 0 Å². The molecule has 3 rings (SSSR count). The molecule has 212 valence electrons. The largest absolute Gasteiger partial charge is 0.394 e. The number of hydrogen-bond acceptors (Lipinski definition) is 17. The molecule has 36 heavy (non-hydrogen) atoms. The lowest BCUT2D eigenvalue weighted by Gasteiger charge is -2.50. The molecule has 0 aromatic rings. The van der Waals surface area contributed by atoms with Crippen molar-refractivity contribution in [3.05, 3.63) is 0 Å². The van der Waals surface area contributed by atoms with Crippen LogP contribution in [-0.2, 0) is 23.7 Å². The van der Waals surface area contributed by atoms with Gasteiger partial charge in [0.25, 0.3) is 0 Å². The second-order valence-corrected chi connectivity index (χ2v) is 9.19. The third kappa shape index (κ3) is 5.40. The van der Waals surface area contributed by atoms with Gasteiger partial charge in [0.05, 0.1) is 44.6 Å². The lowest BCUT2D eigenvalue weighted by Crippen LogP contribution is -2.72. The molecule has 3 heterocycles. The summed E-state index contributed by atoms with van der Waals surface area (Å²) in [5.41, 5.74) is 15.6. The smallest absolute Gasteiger partial charge is 0.176 e. The van der Waals surface area contributed by atoms with Gasteiger partial charge in [-0.25, -0.2) is 0 Å². The fourth-order valence-corrected chi connectivity index (χ4v) is 4.45. The van der Waals surface area contributed by atoms with Crippen LogP contribution in [0.3, 0.4) is 0 Å². The molecule has 15 N–H and O–H groups in total. The topological polar surface area (TPSA) is 306 Å². The molecule has 0 aliphatic carbocycles. The van der Waals surface area contributed by atoms with Crippen molar-refractivity contribution in [1.82, 2.24) is 0 Å². The Kier molecular flexibility index (Phi) is 9.97. The molecule has 0 aromatic carbocycles. The van der Waals surface area contributed by atoms with Crippen LogP contribution in [0.5, 0.6) is 0 Å². The molecule has 2 unspecified atom stereocenters. The van der Waals surface area contributed by atoms with E-state index in [0.717, 1.165) is 0 Å². The first-order valence-corrected chi connectivity index (χ1v) is 11.4. The predicted octanol–water partition coefficient (Wildman–Crippen LogP) is -8.31. The zero-order valence-corrected chi connectivity index (χ0v) is 19.2. The first-order valence-electron chi connectivity index (χ1n) is 11.4. The summed E-state index contributed by atoms with van der Waals surface area (Å²) in [6.07, 6.45) is -16.6. The Morgan fingerprint density at radius 2 is 1.11 bits per heavy atom. The van der Waals surface area contributed by atoms with Gasteiger partial charge in [-0.1, -0.05) is 0 Å². The van der Waals surface area contributed by atoms with Crippen LogP contribution < -0.4 is 17.2 Å². The van der Waals surface area contributed by atoms with Gasteiger partial charge in [-0.05, 0) is 0 Å². The normalized spacial score (nSPS) is 49.7. The van der Waals surface area contributed by atoms with E-state index in [0.29, 0.717) is 0 Å². The number of aliphatic hydroxyl groups excluding tert-OH is 9. The monoisotopic (exact) mass is 531 g/mol. The summed E-state index contributed by atoms with van der Waals surface area (Å²) in [6.45, 7) is -3.25. The molecule has 3 aliphatic rings. The Labute approximate surface area is 205 Å².